The van der Waals surface area contributed by atoms with E-state index in [0.29, 0.717) is 12.8 Å². The molecule has 2 unspecified atom stereocenters. The van der Waals surface area contributed by atoms with Gasteiger partial charge in [0.25, 0.3) is 0 Å². The summed E-state index contributed by atoms with van der Waals surface area (Å²) in [6, 6.07) is -0.726. The Morgan fingerprint density at radius 1 is 0.517 bits per heavy atom. The zero-order valence-corrected chi connectivity index (χ0v) is 38.5. The van der Waals surface area contributed by atoms with E-state index < -0.39 is 18.1 Å². The van der Waals surface area contributed by atoms with Crippen molar-refractivity contribution in [2.24, 2.45) is 0 Å². The number of unbranched alkanes of at least 4 members (excludes halogenated alkanes) is 24. The van der Waals surface area contributed by atoms with Gasteiger partial charge in [0.2, 0.25) is 0 Å². The van der Waals surface area contributed by atoms with Gasteiger partial charge in [0.1, 0.15) is 12.6 Å². The Morgan fingerprint density at radius 2 is 0.914 bits per heavy atom. The lowest BCUT2D eigenvalue weighted by atomic mass is 10.1. The van der Waals surface area contributed by atoms with Crippen LogP contribution in [0.3, 0.4) is 0 Å². The van der Waals surface area contributed by atoms with Crippen molar-refractivity contribution in [3.63, 3.8) is 0 Å². The molecule has 58 heavy (non-hydrogen) atoms. The number of ether oxygens (including phenoxy) is 3. The predicted octanol–water partition coefficient (Wildman–Crippen LogP) is 12.1. The molecule has 0 saturated heterocycles. The number of allylic oxidation sites excluding steroid dienone is 6. The molecule has 8 nitrogen and oxygen atoms in total. The molecule has 2 atom stereocenters. The van der Waals surface area contributed by atoms with Crippen LogP contribution < -0.4 is 5.11 Å². The summed E-state index contributed by atoms with van der Waals surface area (Å²) in [4.78, 5) is 36.9. The molecule has 0 aromatic rings. The second-order valence-corrected chi connectivity index (χ2v) is 17.4. The third-order valence-corrected chi connectivity index (χ3v) is 10.8. The molecule has 0 spiro atoms. The summed E-state index contributed by atoms with van der Waals surface area (Å²) in [7, 11) is 5.41. The monoisotopic (exact) mass is 818 g/mol. The quantitative estimate of drug-likeness (QED) is 0.0198. The number of carbonyl (C=O) groups is 3. The molecular weight excluding hydrogens is 727 g/mol. The number of carboxylic acids is 1. The maximum Gasteiger partial charge on any atom is 0.306 e. The lowest BCUT2D eigenvalue weighted by molar-refractivity contribution is -0.889. The maximum absolute atomic E-state index is 12.8. The average Bonchev–Trinajstić information content (AvgIpc) is 3.18. The minimum absolute atomic E-state index is 0.0396. The minimum atomic E-state index is -1.13. The summed E-state index contributed by atoms with van der Waals surface area (Å²) in [5, 5.41) is 11.6. The summed E-state index contributed by atoms with van der Waals surface area (Å²) < 4.78 is 17.2. The highest BCUT2D eigenvalue weighted by atomic mass is 16.6. The van der Waals surface area contributed by atoms with E-state index >= 15 is 0 Å². The molecule has 0 bridgehead atoms. The van der Waals surface area contributed by atoms with Crippen molar-refractivity contribution in [2.75, 3.05) is 41.0 Å². The van der Waals surface area contributed by atoms with Crippen molar-refractivity contribution in [3.8, 4) is 0 Å². The van der Waals surface area contributed by atoms with E-state index in [9.17, 15) is 19.5 Å². The van der Waals surface area contributed by atoms with Crippen LogP contribution in [0.1, 0.15) is 213 Å². The van der Waals surface area contributed by atoms with Gasteiger partial charge >= 0.3 is 11.9 Å². The zero-order chi connectivity index (χ0) is 42.8. The highest BCUT2D eigenvalue weighted by Gasteiger charge is 2.25. The van der Waals surface area contributed by atoms with Crippen molar-refractivity contribution in [3.05, 3.63) is 36.5 Å². The summed E-state index contributed by atoms with van der Waals surface area (Å²) in [5.74, 6) is -1.74. The predicted molar refractivity (Wildman–Crippen MR) is 240 cm³/mol. The normalized spacial score (nSPS) is 13.2. The van der Waals surface area contributed by atoms with Gasteiger partial charge in [-0.15, -0.1) is 0 Å². The van der Waals surface area contributed by atoms with E-state index in [0.717, 1.165) is 38.5 Å². The first kappa shape index (κ1) is 55.5. The molecule has 0 saturated carbocycles. The fourth-order valence-corrected chi connectivity index (χ4v) is 7.00. The largest absolute Gasteiger partial charge is 0.544 e. The summed E-state index contributed by atoms with van der Waals surface area (Å²) in [6.45, 7) is 4.63. The van der Waals surface area contributed by atoms with Gasteiger partial charge in [-0.2, -0.15) is 0 Å². The van der Waals surface area contributed by atoms with Crippen LogP contribution in [0.4, 0.5) is 0 Å². The molecule has 0 radical (unpaired) electrons. The summed E-state index contributed by atoms with van der Waals surface area (Å²) >= 11 is 0. The number of likely N-dealkylation sites (N-methyl/N-ethyl adjacent to an activating group) is 1. The van der Waals surface area contributed by atoms with Crippen LogP contribution in [0.2, 0.25) is 0 Å². The number of aliphatic carboxylic acids is 1. The van der Waals surface area contributed by atoms with Crippen LogP contribution in [0, 0.1) is 0 Å². The Bertz CT molecular complexity index is 1050. The molecule has 0 aliphatic rings. The molecule has 0 aromatic heterocycles. The van der Waals surface area contributed by atoms with Crippen LogP contribution in [0.25, 0.3) is 0 Å². The lowest BCUT2D eigenvalue weighted by Crippen LogP contribution is -2.55. The Balaban J connectivity index is 4.29. The van der Waals surface area contributed by atoms with Gasteiger partial charge in [-0.25, -0.2) is 0 Å². The number of carboxylic acid groups (broad SMARTS) is 1. The van der Waals surface area contributed by atoms with E-state index in [2.05, 4.69) is 50.3 Å². The van der Waals surface area contributed by atoms with E-state index in [4.69, 9.17) is 14.2 Å². The standard InChI is InChI=1S/C50H91NO7/c1-6-8-10-12-14-16-18-20-22-23-24-25-27-29-31-33-35-37-39-41-49(53)58-46(44-56-43-42-47(50(54)55)51(3,4)5)45-57-48(52)40-38-36-34-32-30-28-26-21-19-17-15-13-11-9-7-2/h14,16-20,46-47H,6-13,15,21-45H2,1-5H3/b16-14+,19-17+,20-18+. The third-order valence-electron chi connectivity index (χ3n) is 10.8. The van der Waals surface area contributed by atoms with Crippen LogP contribution in [-0.4, -0.2) is 75.5 Å². The van der Waals surface area contributed by atoms with E-state index in [1.807, 2.05) is 0 Å². The Morgan fingerprint density at radius 3 is 1.38 bits per heavy atom. The van der Waals surface area contributed by atoms with Gasteiger partial charge in [0, 0.05) is 19.3 Å². The molecule has 8 heteroatoms. The molecule has 0 aromatic carbocycles. The molecule has 0 fully saturated rings. The molecule has 338 valence electrons. The minimum Gasteiger partial charge on any atom is -0.544 e. The lowest BCUT2D eigenvalue weighted by Gasteiger charge is -2.34. The Labute approximate surface area is 357 Å². The van der Waals surface area contributed by atoms with Gasteiger partial charge < -0.3 is 28.6 Å². The number of nitrogens with zero attached hydrogens (tertiary/aromatic N) is 1. The third kappa shape index (κ3) is 39.0. The number of rotatable bonds is 43. The highest BCUT2D eigenvalue weighted by Crippen LogP contribution is 2.15. The second-order valence-electron chi connectivity index (χ2n) is 17.4. The molecule has 0 N–H and O–H groups in total. The molecule has 0 aliphatic carbocycles. The van der Waals surface area contributed by atoms with Crippen LogP contribution >= 0.6 is 0 Å². The number of quaternary nitrogens is 1. The molecule has 0 aliphatic heterocycles. The van der Waals surface area contributed by atoms with Gasteiger partial charge in [0.05, 0.1) is 40.3 Å². The smallest absolute Gasteiger partial charge is 0.306 e. The fraction of sp³-hybridized carbons (Fsp3) is 0.820. The van der Waals surface area contributed by atoms with Crippen LogP contribution in [-0.2, 0) is 28.6 Å². The number of hydrogen-bond donors (Lipinski definition) is 0. The molecular formula is C50H91NO7. The van der Waals surface area contributed by atoms with Crippen molar-refractivity contribution >= 4 is 17.9 Å². The van der Waals surface area contributed by atoms with Crippen molar-refractivity contribution in [2.45, 2.75) is 225 Å². The molecule has 0 amide bonds. The number of hydrogen-bond acceptors (Lipinski definition) is 7. The SMILES string of the molecule is CCCCC/C=C/C=C/CCCCCCCCCCCCC(=O)OC(COCCC(C(=O)[O-])[N+](C)(C)C)COC(=O)CCCCCCCCC/C=C/CCCCCC. The van der Waals surface area contributed by atoms with Crippen molar-refractivity contribution in [1.82, 2.24) is 0 Å². The molecule has 0 rings (SSSR count). The van der Waals surface area contributed by atoms with E-state index in [1.165, 1.54) is 141 Å². The Hall–Kier alpha value is -2.45. The first-order valence-electron chi connectivity index (χ1n) is 24.0. The average molecular weight is 818 g/mol. The van der Waals surface area contributed by atoms with Crippen molar-refractivity contribution < 1.29 is 38.2 Å². The second kappa shape index (κ2) is 41.3. The van der Waals surface area contributed by atoms with Crippen LogP contribution in [0.5, 0.6) is 0 Å². The van der Waals surface area contributed by atoms with Gasteiger partial charge in [-0.1, -0.05) is 166 Å². The van der Waals surface area contributed by atoms with E-state index in [1.54, 1.807) is 21.1 Å². The van der Waals surface area contributed by atoms with Gasteiger partial charge in [-0.3, -0.25) is 9.59 Å². The topological polar surface area (TPSA) is 102 Å². The highest BCUT2D eigenvalue weighted by molar-refractivity contribution is 5.70. The van der Waals surface area contributed by atoms with E-state index in [-0.39, 0.29) is 42.7 Å². The van der Waals surface area contributed by atoms with Gasteiger partial charge in [-0.05, 0) is 64.2 Å². The fourth-order valence-electron chi connectivity index (χ4n) is 7.00. The Kier molecular flexibility index (Phi) is 39.5. The molecule has 0 heterocycles. The first-order chi connectivity index (χ1) is 28.1. The number of carbonyl (C=O) groups excluding carboxylic acids is 3. The maximum atomic E-state index is 12.8. The summed E-state index contributed by atoms with van der Waals surface area (Å²) in [6.07, 6.45) is 47.3. The van der Waals surface area contributed by atoms with Crippen molar-refractivity contribution in [1.29, 1.82) is 0 Å². The van der Waals surface area contributed by atoms with Crippen LogP contribution in [0.15, 0.2) is 36.5 Å². The first-order valence-corrected chi connectivity index (χ1v) is 24.0. The zero-order valence-electron chi connectivity index (χ0n) is 38.5. The summed E-state index contributed by atoms with van der Waals surface area (Å²) in [5.41, 5.74) is 0. The number of esters is 2. The van der Waals surface area contributed by atoms with Gasteiger partial charge in [0.15, 0.2) is 6.10 Å².